The van der Waals surface area contributed by atoms with Gasteiger partial charge in [-0.05, 0) is 11.5 Å². The number of rotatable bonds is 4. The zero-order valence-electron chi connectivity index (χ0n) is 10.4. The molecule has 0 aliphatic rings. The largest absolute Gasteiger partial charge is 0.479 e. The first-order valence-electron chi connectivity index (χ1n) is 5.88. The smallest absolute Gasteiger partial charge is 0.335 e. The van der Waals surface area contributed by atoms with Crippen molar-refractivity contribution < 1.29 is 24.9 Å². The SMILES string of the molecule is O=C(O)[C@@H](O)[C@H](O)C(=O)Nc1cccc2ccccc12. The number of aliphatic hydroxyl groups excluding tert-OH is 2. The summed E-state index contributed by atoms with van der Waals surface area (Å²) < 4.78 is 0. The number of anilines is 1. The normalized spacial score (nSPS) is 13.7. The third kappa shape index (κ3) is 2.76. The first kappa shape index (κ1) is 14.0. The van der Waals surface area contributed by atoms with Crippen LogP contribution in [0.1, 0.15) is 0 Å². The number of carbonyl (C=O) groups excluding carboxylic acids is 1. The highest BCUT2D eigenvalue weighted by atomic mass is 16.4. The standard InChI is InChI=1S/C14H13NO5/c16-11(12(17)14(19)20)13(18)15-10-7-3-5-8-4-1-2-6-9(8)10/h1-7,11-12,16-17H,(H,15,18)(H,19,20)/t11-,12-/m0/s1. The number of aliphatic carboxylic acids is 1. The molecule has 0 spiro atoms. The lowest BCUT2D eigenvalue weighted by Crippen LogP contribution is -2.42. The van der Waals surface area contributed by atoms with E-state index in [9.17, 15) is 14.7 Å². The fourth-order valence-electron chi connectivity index (χ4n) is 1.82. The third-order valence-corrected chi connectivity index (χ3v) is 2.87. The number of carboxylic acid groups (broad SMARTS) is 1. The maximum Gasteiger partial charge on any atom is 0.335 e. The lowest BCUT2D eigenvalue weighted by atomic mass is 10.1. The minimum absolute atomic E-state index is 0.435. The van der Waals surface area contributed by atoms with E-state index in [1.54, 1.807) is 24.3 Å². The molecule has 2 atom stereocenters. The Labute approximate surface area is 114 Å². The van der Waals surface area contributed by atoms with Gasteiger partial charge in [-0.2, -0.15) is 0 Å². The van der Waals surface area contributed by atoms with Crippen molar-refractivity contribution in [3.05, 3.63) is 42.5 Å². The number of carboxylic acids is 1. The van der Waals surface area contributed by atoms with Gasteiger partial charge in [0.2, 0.25) is 0 Å². The monoisotopic (exact) mass is 275 g/mol. The maximum atomic E-state index is 11.7. The Morgan fingerprint density at radius 1 is 0.950 bits per heavy atom. The summed E-state index contributed by atoms with van der Waals surface area (Å²) >= 11 is 0. The summed E-state index contributed by atoms with van der Waals surface area (Å²) in [4.78, 5) is 22.2. The number of hydrogen-bond donors (Lipinski definition) is 4. The lowest BCUT2D eigenvalue weighted by Gasteiger charge is -2.15. The highest BCUT2D eigenvalue weighted by molar-refractivity contribution is 6.04. The van der Waals surface area contributed by atoms with Crippen molar-refractivity contribution in [3.8, 4) is 0 Å². The number of benzene rings is 2. The minimum Gasteiger partial charge on any atom is -0.479 e. The van der Waals surface area contributed by atoms with Gasteiger partial charge in [0.05, 0.1) is 0 Å². The van der Waals surface area contributed by atoms with Crippen LogP contribution in [0.3, 0.4) is 0 Å². The molecule has 2 aromatic carbocycles. The first-order chi connectivity index (χ1) is 9.50. The molecule has 2 aromatic rings. The predicted molar refractivity (Wildman–Crippen MR) is 72.2 cm³/mol. The van der Waals surface area contributed by atoms with E-state index in [1.165, 1.54) is 0 Å². The van der Waals surface area contributed by atoms with Crippen LogP contribution in [0.15, 0.2) is 42.5 Å². The van der Waals surface area contributed by atoms with Crippen LogP contribution < -0.4 is 5.32 Å². The number of amides is 1. The van der Waals surface area contributed by atoms with Gasteiger partial charge in [-0.25, -0.2) is 4.79 Å². The first-order valence-corrected chi connectivity index (χ1v) is 5.88. The molecule has 1 amide bonds. The Kier molecular flexibility index (Phi) is 3.97. The van der Waals surface area contributed by atoms with E-state index < -0.39 is 24.1 Å². The zero-order valence-corrected chi connectivity index (χ0v) is 10.4. The van der Waals surface area contributed by atoms with Gasteiger partial charge in [-0.3, -0.25) is 4.79 Å². The lowest BCUT2D eigenvalue weighted by molar-refractivity contribution is -0.156. The molecule has 6 nitrogen and oxygen atoms in total. The molecule has 20 heavy (non-hydrogen) atoms. The summed E-state index contributed by atoms with van der Waals surface area (Å²) in [6.07, 6.45) is -4.20. The Morgan fingerprint density at radius 2 is 1.60 bits per heavy atom. The molecule has 0 aliphatic carbocycles. The van der Waals surface area contributed by atoms with E-state index in [2.05, 4.69) is 5.32 Å². The van der Waals surface area contributed by atoms with Gasteiger partial charge in [0.15, 0.2) is 12.2 Å². The number of fused-ring (bicyclic) bond motifs is 1. The average Bonchev–Trinajstić information content (AvgIpc) is 2.46. The Morgan fingerprint density at radius 3 is 2.30 bits per heavy atom. The van der Waals surface area contributed by atoms with Crippen LogP contribution in [0.2, 0.25) is 0 Å². The summed E-state index contributed by atoms with van der Waals surface area (Å²) in [5, 5.41) is 31.2. The second-order valence-corrected chi connectivity index (χ2v) is 4.24. The van der Waals surface area contributed by atoms with Gasteiger partial charge in [0, 0.05) is 11.1 Å². The second-order valence-electron chi connectivity index (χ2n) is 4.24. The highest BCUT2D eigenvalue weighted by Crippen LogP contribution is 2.23. The number of hydrogen-bond acceptors (Lipinski definition) is 4. The average molecular weight is 275 g/mol. The summed E-state index contributed by atoms with van der Waals surface area (Å²) in [6, 6.07) is 12.5. The summed E-state index contributed by atoms with van der Waals surface area (Å²) in [5.41, 5.74) is 0.435. The molecule has 0 saturated heterocycles. The van der Waals surface area contributed by atoms with Gasteiger partial charge in [0.1, 0.15) is 0 Å². The molecule has 0 aromatic heterocycles. The van der Waals surface area contributed by atoms with Crippen LogP contribution in [0.5, 0.6) is 0 Å². The molecule has 0 bridgehead atoms. The van der Waals surface area contributed by atoms with E-state index in [4.69, 9.17) is 10.2 Å². The van der Waals surface area contributed by atoms with Crippen molar-refractivity contribution in [1.29, 1.82) is 0 Å². The third-order valence-electron chi connectivity index (χ3n) is 2.87. The van der Waals surface area contributed by atoms with E-state index >= 15 is 0 Å². The van der Waals surface area contributed by atoms with Crippen molar-refractivity contribution in [2.75, 3.05) is 5.32 Å². The quantitative estimate of drug-likeness (QED) is 0.653. The minimum atomic E-state index is -2.16. The van der Waals surface area contributed by atoms with Gasteiger partial charge in [-0.1, -0.05) is 36.4 Å². The maximum absolute atomic E-state index is 11.7. The van der Waals surface area contributed by atoms with E-state index in [-0.39, 0.29) is 0 Å². The molecule has 6 heteroatoms. The molecular formula is C14H13NO5. The summed E-state index contributed by atoms with van der Waals surface area (Å²) in [5.74, 6) is -2.64. The topological polar surface area (TPSA) is 107 Å². The fourth-order valence-corrected chi connectivity index (χ4v) is 1.82. The summed E-state index contributed by atoms with van der Waals surface area (Å²) in [7, 11) is 0. The van der Waals surface area contributed by atoms with E-state index in [0.29, 0.717) is 5.69 Å². The number of nitrogens with one attached hydrogen (secondary N) is 1. The van der Waals surface area contributed by atoms with Crippen molar-refractivity contribution in [1.82, 2.24) is 0 Å². The molecule has 0 fully saturated rings. The van der Waals surface area contributed by atoms with Gasteiger partial charge < -0.3 is 20.6 Å². The molecule has 0 unspecified atom stereocenters. The van der Waals surface area contributed by atoms with E-state index in [0.717, 1.165) is 10.8 Å². The van der Waals surface area contributed by atoms with Crippen LogP contribution in [0, 0.1) is 0 Å². The van der Waals surface area contributed by atoms with Crippen molar-refractivity contribution >= 4 is 28.3 Å². The molecular weight excluding hydrogens is 262 g/mol. The Bertz CT molecular complexity index is 650. The molecule has 0 saturated carbocycles. The van der Waals surface area contributed by atoms with Crippen molar-refractivity contribution in [3.63, 3.8) is 0 Å². The van der Waals surface area contributed by atoms with Crippen LogP contribution in [0.4, 0.5) is 5.69 Å². The van der Waals surface area contributed by atoms with Crippen LogP contribution in [-0.2, 0) is 9.59 Å². The Balaban J connectivity index is 2.24. The van der Waals surface area contributed by atoms with Gasteiger partial charge in [-0.15, -0.1) is 0 Å². The molecule has 0 heterocycles. The predicted octanol–water partition coefficient (Wildman–Crippen LogP) is 0.585. The van der Waals surface area contributed by atoms with Gasteiger partial charge >= 0.3 is 5.97 Å². The number of carbonyl (C=O) groups is 2. The molecule has 2 rings (SSSR count). The second kappa shape index (κ2) is 5.68. The van der Waals surface area contributed by atoms with Crippen LogP contribution in [-0.4, -0.2) is 39.4 Å². The van der Waals surface area contributed by atoms with Crippen LogP contribution in [0.25, 0.3) is 10.8 Å². The van der Waals surface area contributed by atoms with E-state index in [1.807, 2.05) is 18.2 Å². The summed E-state index contributed by atoms with van der Waals surface area (Å²) in [6.45, 7) is 0. The highest BCUT2D eigenvalue weighted by Gasteiger charge is 2.30. The Hall–Kier alpha value is -2.44. The van der Waals surface area contributed by atoms with Crippen molar-refractivity contribution in [2.45, 2.75) is 12.2 Å². The molecule has 0 aliphatic heterocycles. The number of aliphatic hydroxyl groups is 2. The van der Waals surface area contributed by atoms with Crippen LogP contribution >= 0.6 is 0 Å². The molecule has 0 radical (unpaired) electrons. The zero-order chi connectivity index (χ0) is 14.7. The fraction of sp³-hybridized carbons (Fsp3) is 0.143. The van der Waals surface area contributed by atoms with Crippen molar-refractivity contribution in [2.24, 2.45) is 0 Å². The molecule has 104 valence electrons. The molecule has 4 N–H and O–H groups in total. The van der Waals surface area contributed by atoms with Gasteiger partial charge in [0.25, 0.3) is 5.91 Å².